The number of thioether (sulfide) groups is 1. The topological polar surface area (TPSA) is 71.3 Å². The van der Waals surface area contributed by atoms with Gasteiger partial charge in [0, 0.05) is 28.8 Å². The second kappa shape index (κ2) is 9.42. The van der Waals surface area contributed by atoms with Crippen LogP contribution in [0, 0.1) is 0 Å². The van der Waals surface area contributed by atoms with Crippen molar-refractivity contribution in [3.8, 4) is 27.8 Å². The number of hydrogen-bond donors (Lipinski definition) is 0. The summed E-state index contributed by atoms with van der Waals surface area (Å²) in [6, 6.07) is 11.0. The van der Waals surface area contributed by atoms with Gasteiger partial charge in [-0.2, -0.15) is 0 Å². The van der Waals surface area contributed by atoms with Crippen LogP contribution in [-0.4, -0.2) is 26.5 Å². The number of ether oxygens (including phenoxy) is 3. The number of hydrogen-bond acceptors (Lipinski definition) is 8. The average Bonchev–Trinajstić information content (AvgIpc) is 3.53. The first-order valence-electron chi connectivity index (χ1n) is 9.96. The van der Waals surface area contributed by atoms with Crippen molar-refractivity contribution in [3.05, 3.63) is 63.3 Å². The van der Waals surface area contributed by atoms with Crippen molar-refractivity contribution < 1.29 is 14.2 Å². The van der Waals surface area contributed by atoms with Gasteiger partial charge in [-0.3, -0.25) is 0 Å². The molecule has 33 heavy (non-hydrogen) atoms. The number of thiazole rings is 1. The molecule has 0 N–H and O–H groups in total. The molecule has 0 aliphatic carbocycles. The normalized spacial score (nSPS) is 13.3. The van der Waals surface area contributed by atoms with Gasteiger partial charge in [0.2, 0.25) is 6.79 Å². The van der Waals surface area contributed by atoms with E-state index in [0.717, 1.165) is 32.9 Å². The van der Waals surface area contributed by atoms with E-state index >= 15 is 0 Å². The van der Waals surface area contributed by atoms with E-state index in [4.69, 9.17) is 42.4 Å². The monoisotopic (exact) mass is 520 g/mol. The van der Waals surface area contributed by atoms with Gasteiger partial charge in [-0.1, -0.05) is 35.0 Å². The molecule has 7 nitrogen and oxygen atoms in total. The third-order valence-corrected chi connectivity index (χ3v) is 7.47. The summed E-state index contributed by atoms with van der Waals surface area (Å²) >= 11 is 15.3. The van der Waals surface area contributed by atoms with Crippen LogP contribution >= 0.6 is 46.3 Å². The first kappa shape index (κ1) is 22.3. The molecule has 2 aromatic heterocycles. The highest BCUT2D eigenvalue weighted by molar-refractivity contribution is 7.98. The molecule has 1 unspecified atom stereocenters. The molecule has 5 rings (SSSR count). The summed E-state index contributed by atoms with van der Waals surface area (Å²) in [5.74, 6) is 3.43. The summed E-state index contributed by atoms with van der Waals surface area (Å²) in [6.45, 7) is 2.16. The fourth-order valence-corrected chi connectivity index (χ4v) is 5.48. The first-order valence-corrected chi connectivity index (χ1v) is 12.6. The molecular weight excluding hydrogens is 503 g/mol. The minimum atomic E-state index is -0.340. The lowest BCUT2D eigenvalue weighted by Crippen LogP contribution is -2.10. The zero-order chi connectivity index (χ0) is 22.9. The van der Waals surface area contributed by atoms with Gasteiger partial charge < -0.3 is 18.8 Å². The molecule has 1 atom stereocenters. The van der Waals surface area contributed by atoms with Crippen molar-refractivity contribution >= 4 is 46.3 Å². The van der Waals surface area contributed by atoms with Gasteiger partial charge in [-0.25, -0.2) is 4.98 Å². The molecule has 0 radical (unpaired) electrons. The fraction of sp³-hybridized carbons (Fsp3) is 0.227. The number of nitrogens with zero attached hydrogens (tertiary/aromatic N) is 4. The van der Waals surface area contributed by atoms with Gasteiger partial charge in [-0.15, -0.1) is 21.5 Å². The van der Waals surface area contributed by atoms with E-state index in [2.05, 4.69) is 15.6 Å². The van der Waals surface area contributed by atoms with Gasteiger partial charge in [0.1, 0.15) is 10.8 Å². The lowest BCUT2D eigenvalue weighted by atomic mass is 10.2. The van der Waals surface area contributed by atoms with E-state index in [0.29, 0.717) is 27.4 Å². The molecular formula is C22H18Cl2N4O3S2. The number of halogens is 2. The SMILES string of the molecule is CC(Oc1ccc(Cl)cc1Cl)c1nnc(SCc2csc(-c3ccc4c(c3)OCO4)n2)n1C. The summed E-state index contributed by atoms with van der Waals surface area (Å²) < 4.78 is 18.7. The van der Waals surface area contributed by atoms with Crippen molar-refractivity contribution in [3.63, 3.8) is 0 Å². The average molecular weight is 521 g/mol. The van der Waals surface area contributed by atoms with Crippen LogP contribution in [0.4, 0.5) is 0 Å². The minimum absolute atomic E-state index is 0.259. The summed E-state index contributed by atoms with van der Waals surface area (Å²) in [5, 5.41) is 13.4. The molecule has 2 aromatic carbocycles. The van der Waals surface area contributed by atoms with E-state index in [9.17, 15) is 0 Å². The molecule has 1 aliphatic rings. The molecule has 11 heteroatoms. The number of fused-ring (bicyclic) bond motifs is 1. The lowest BCUT2D eigenvalue weighted by molar-refractivity contribution is 0.174. The second-order valence-corrected chi connectivity index (χ2v) is 9.88. The second-order valence-electron chi connectivity index (χ2n) is 7.24. The highest BCUT2D eigenvalue weighted by Crippen LogP contribution is 2.37. The van der Waals surface area contributed by atoms with Crippen molar-refractivity contribution in [1.82, 2.24) is 19.7 Å². The standard InChI is InChI=1S/C22H18Cl2N4O3S2/c1-12(31-17-6-4-14(23)8-16(17)24)20-26-27-22(28(20)2)33-10-15-9-32-21(25-15)13-3-5-18-19(7-13)30-11-29-18/h3-9,12H,10-11H2,1-2H3. The Bertz CT molecular complexity index is 1310. The predicted octanol–water partition coefficient (Wildman–Crippen LogP) is 6.41. The number of benzene rings is 2. The molecule has 0 bridgehead atoms. The highest BCUT2D eigenvalue weighted by atomic mass is 35.5. The molecule has 170 valence electrons. The van der Waals surface area contributed by atoms with Crippen LogP contribution in [0.2, 0.25) is 10.0 Å². The van der Waals surface area contributed by atoms with Gasteiger partial charge in [-0.05, 0) is 43.3 Å². The van der Waals surface area contributed by atoms with Gasteiger partial charge >= 0.3 is 0 Å². The number of aromatic nitrogens is 4. The van der Waals surface area contributed by atoms with Gasteiger partial charge in [0.15, 0.2) is 28.6 Å². The molecule has 0 saturated heterocycles. The molecule has 4 aromatic rings. The summed E-state index contributed by atoms with van der Waals surface area (Å²) in [5.41, 5.74) is 1.98. The van der Waals surface area contributed by atoms with Crippen LogP contribution in [-0.2, 0) is 12.8 Å². The quantitative estimate of drug-likeness (QED) is 0.261. The zero-order valence-corrected chi connectivity index (χ0v) is 20.8. The Kier molecular flexibility index (Phi) is 6.38. The van der Waals surface area contributed by atoms with Crippen LogP contribution in [0.15, 0.2) is 46.9 Å². The van der Waals surface area contributed by atoms with E-state index < -0.39 is 0 Å². The van der Waals surface area contributed by atoms with Crippen LogP contribution in [0.1, 0.15) is 24.5 Å². The molecule has 1 aliphatic heterocycles. The van der Waals surface area contributed by atoms with E-state index in [1.54, 1.807) is 41.3 Å². The Morgan fingerprint density at radius 2 is 2.00 bits per heavy atom. The Morgan fingerprint density at radius 1 is 1.15 bits per heavy atom. The van der Waals surface area contributed by atoms with Crippen LogP contribution in [0.3, 0.4) is 0 Å². The van der Waals surface area contributed by atoms with Gasteiger partial charge in [0.05, 0.1) is 10.7 Å². The third kappa shape index (κ3) is 4.77. The van der Waals surface area contributed by atoms with E-state index in [1.807, 2.05) is 36.7 Å². The molecule has 0 saturated carbocycles. The van der Waals surface area contributed by atoms with Crippen molar-refractivity contribution in [2.45, 2.75) is 23.9 Å². The molecule has 0 fully saturated rings. The highest BCUT2D eigenvalue weighted by Gasteiger charge is 2.19. The van der Waals surface area contributed by atoms with E-state index in [-0.39, 0.29) is 12.9 Å². The zero-order valence-electron chi connectivity index (χ0n) is 17.6. The maximum atomic E-state index is 6.22. The van der Waals surface area contributed by atoms with Crippen molar-refractivity contribution in [1.29, 1.82) is 0 Å². The van der Waals surface area contributed by atoms with Crippen molar-refractivity contribution in [2.75, 3.05) is 6.79 Å². The van der Waals surface area contributed by atoms with Crippen molar-refractivity contribution in [2.24, 2.45) is 7.05 Å². The molecule has 0 amide bonds. The minimum Gasteiger partial charge on any atom is -0.481 e. The summed E-state index contributed by atoms with van der Waals surface area (Å²) in [7, 11) is 1.92. The summed E-state index contributed by atoms with van der Waals surface area (Å²) in [6.07, 6.45) is -0.340. The van der Waals surface area contributed by atoms with Crippen LogP contribution in [0.5, 0.6) is 17.2 Å². The first-order chi connectivity index (χ1) is 16.0. The maximum Gasteiger partial charge on any atom is 0.231 e. The Labute approximate surface area is 208 Å². The lowest BCUT2D eigenvalue weighted by Gasteiger charge is -2.15. The largest absolute Gasteiger partial charge is 0.481 e. The van der Waals surface area contributed by atoms with Gasteiger partial charge in [0.25, 0.3) is 0 Å². The Hall–Kier alpha value is -2.46. The maximum absolute atomic E-state index is 6.22. The summed E-state index contributed by atoms with van der Waals surface area (Å²) in [4.78, 5) is 4.76. The van der Waals surface area contributed by atoms with Crippen LogP contribution < -0.4 is 14.2 Å². The molecule has 3 heterocycles. The molecule has 0 spiro atoms. The van der Waals surface area contributed by atoms with Crippen LogP contribution in [0.25, 0.3) is 10.6 Å². The van der Waals surface area contributed by atoms with E-state index in [1.165, 1.54) is 0 Å². The third-order valence-electron chi connectivity index (χ3n) is 4.95. The Balaban J connectivity index is 1.24. The predicted molar refractivity (Wildman–Crippen MR) is 130 cm³/mol. The smallest absolute Gasteiger partial charge is 0.231 e. The number of rotatable bonds is 7. The Morgan fingerprint density at radius 3 is 2.85 bits per heavy atom. The fourth-order valence-electron chi connectivity index (χ4n) is 3.29.